The molecule has 0 spiro atoms. The number of aryl methyl sites for hydroxylation is 6. The quantitative estimate of drug-likeness (QED) is 0.153. The summed E-state index contributed by atoms with van der Waals surface area (Å²) >= 11 is 0. The lowest BCUT2D eigenvalue weighted by atomic mass is 9.86. The summed E-state index contributed by atoms with van der Waals surface area (Å²) in [7, 11) is 0. The number of benzene rings is 5. The highest BCUT2D eigenvalue weighted by Gasteiger charge is 2.32. The molecule has 0 aliphatic heterocycles. The number of aromatic nitrogens is 4. The minimum Gasteiger partial charge on any atom is -0.406 e. The number of halogens is 6. The summed E-state index contributed by atoms with van der Waals surface area (Å²) < 4.78 is 76.4. The summed E-state index contributed by atoms with van der Waals surface area (Å²) in [6.07, 6.45) is -3.08. The van der Waals surface area contributed by atoms with E-state index in [1.165, 1.54) is 74.2 Å². The van der Waals surface area contributed by atoms with Gasteiger partial charge in [0.2, 0.25) is 0 Å². The lowest BCUT2D eigenvalue weighted by molar-refractivity contribution is -0.274. The van der Waals surface area contributed by atoms with Crippen molar-refractivity contribution < 1.29 is 31.1 Å². The summed E-state index contributed by atoms with van der Waals surface area (Å²) in [6, 6.07) is 52.1. The SMILES string of the molecule is C.C.C.C.CC(C)(C)c1ccc(OC(F)(F)F)cc1.CC(C)(C)c1cccc(C(F)(F)F)c1.Cc1ccc(C(C)(C)C)cc1.Cc1ccc(C(C)(C)C)cc1.Cc1ccc(C(C)(C)C)cn1.Cc1ccc(C(C)(C)C)nc1.Cc1ccc(C(C)(C)C)nc1.Cc1cccc2ccc(C(C)(C)C)nc12. The molecule has 0 radical (unpaired) electrons. The molecular weight excluding hydrogens is 1290 g/mol. The van der Waals surface area contributed by atoms with Gasteiger partial charge in [0, 0.05) is 63.0 Å². The fraction of sp³-hybridized carbons (Fsp3) is 0.478. The standard InChI is InChI=1S/C14H17N.C11H13F3O.C11H13F3.2C11H16.3C10H15N.4CH4/c1-10-6-5-7-11-8-9-12(14(2,3)4)15-13(10)11;1-10(2,3)8-4-6-9(7-5-8)15-11(12,13)14;1-10(2,3)8-5-4-6-9(7-8)11(12,13)14;2*1-9-5-7-10(8-6-9)11(2,3)4;1-8-5-6-9(7-11-8)10(2,3)4;2*1-8-5-6-9(11-7-8)10(2,3)4;;;;/h5-9H,1-4H3;4-7H,1-3H3;4-7H,1-3H3;2*5-8H,1-4H3;3*5-7H,1-4H3;4*1H4. The van der Waals surface area contributed by atoms with Gasteiger partial charge in [0.15, 0.2) is 0 Å². The third kappa shape index (κ3) is 38.6. The van der Waals surface area contributed by atoms with Crippen molar-refractivity contribution in [3.63, 3.8) is 0 Å². The van der Waals surface area contributed by atoms with E-state index in [4.69, 9.17) is 4.98 Å². The van der Waals surface area contributed by atoms with E-state index in [0.29, 0.717) is 5.56 Å². The Morgan fingerprint density at radius 1 is 0.282 bits per heavy atom. The van der Waals surface area contributed by atoms with E-state index in [-0.39, 0.29) is 78.8 Å². The zero-order chi connectivity index (χ0) is 76.1. The van der Waals surface area contributed by atoms with Gasteiger partial charge in [-0.1, -0.05) is 328 Å². The third-order valence-electron chi connectivity index (χ3n) is 15.7. The average Bonchev–Trinajstić information content (AvgIpc) is 0.814. The smallest absolute Gasteiger partial charge is 0.406 e. The average molecular weight is 1430 g/mol. The van der Waals surface area contributed by atoms with Gasteiger partial charge in [0.25, 0.3) is 0 Å². The van der Waals surface area contributed by atoms with E-state index in [1.54, 1.807) is 18.2 Å². The molecule has 9 rings (SSSR count). The van der Waals surface area contributed by atoms with Gasteiger partial charge in [0.05, 0.1) is 11.1 Å². The Morgan fingerprint density at radius 3 is 0.922 bits per heavy atom. The molecule has 11 heteroatoms. The molecule has 0 saturated carbocycles. The van der Waals surface area contributed by atoms with E-state index < -0.39 is 18.1 Å². The molecule has 9 aromatic rings. The first-order valence-corrected chi connectivity index (χ1v) is 34.2. The fourth-order valence-electron chi connectivity index (χ4n) is 8.87. The largest absolute Gasteiger partial charge is 0.573 e. The van der Waals surface area contributed by atoms with Crippen LogP contribution in [0.2, 0.25) is 0 Å². The zero-order valence-corrected chi connectivity index (χ0v) is 65.8. The highest BCUT2D eigenvalue weighted by Crippen LogP contribution is 2.34. The van der Waals surface area contributed by atoms with Crippen LogP contribution in [0, 0.1) is 41.5 Å². The number of rotatable bonds is 1. The first kappa shape index (κ1) is 99.5. The maximum absolute atomic E-state index is 12.4. The van der Waals surface area contributed by atoms with Crippen molar-refractivity contribution in [2.24, 2.45) is 0 Å². The normalized spacial score (nSPS) is 11.6. The molecule has 572 valence electrons. The summed E-state index contributed by atoms with van der Waals surface area (Å²) in [6.45, 7) is 63.7. The summed E-state index contributed by atoms with van der Waals surface area (Å²) in [5.74, 6) is -0.185. The van der Waals surface area contributed by atoms with E-state index in [1.807, 2.05) is 67.1 Å². The van der Waals surface area contributed by atoms with Crippen LogP contribution in [0.3, 0.4) is 0 Å². The van der Waals surface area contributed by atoms with Crippen molar-refractivity contribution in [3.05, 3.63) is 266 Å². The Morgan fingerprint density at radius 2 is 0.612 bits per heavy atom. The summed E-state index contributed by atoms with van der Waals surface area (Å²) in [5, 5.41) is 1.23. The summed E-state index contributed by atoms with van der Waals surface area (Å²) in [5.41, 5.74) is 18.2. The van der Waals surface area contributed by atoms with Gasteiger partial charge in [-0.2, -0.15) is 13.2 Å². The van der Waals surface area contributed by atoms with E-state index in [2.05, 4.69) is 294 Å². The van der Waals surface area contributed by atoms with Crippen molar-refractivity contribution in [1.82, 2.24) is 19.9 Å². The van der Waals surface area contributed by atoms with Crippen LogP contribution in [0.15, 0.2) is 182 Å². The predicted molar refractivity (Wildman–Crippen MR) is 437 cm³/mol. The molecular formula is C92H136F6N4O. The molecule has 4 heterocycles. The Balaban J connectivity index is -0.00000111. The Labute approximate surface area is 624 Å². The van der Waals surface area contributed by atoms with Crippen LogP contribution in [0.4, 0.5) is 26.3 Å². The maximum atomic E-state index is 12.4. The number of alkyl halides is 6. The first-order chi connectivity index (χ1) is 44.9. The van der Waals surface area contributed by atoms with Crippen LogP contribution in [0.5, 0.6) is 5.75 Å². The minimum atomic E-state index is -4.62. The molecule has 5 nitrogen and oxygen atoms in total. The highest BCUT2D eigenvalue weighted by molar-refractivity contribution is 5.81. The zero-order valence-electron chi connectivity index (χ0n) is 65.8. The highest BCUT2D eigenvalue weighted by atomic mass is 19.4. The van der Waals surface area contributed by atoms with Crippen LogP contribution in [0.1, 0.15) is 280 Å². The van der Waals surface area contributed by atoms with Crippen LogP contribution in [-0.2, 0) is 49.5 Å². The van der Waals surface area contributed by atoms with Crippen molar-refractivity contribution in [2.45, 2.75) is 293 Å². The van der Waals surface area contributed by atoms with Crippen LogP contribution < -0.4 is 4.74 Å². The van der Waals surface area contributed by atoms with Gasteiger partial charge >= 0.3 is 12.5 Å². The second kappa shape index (κ2) is 41.1. The molecule has 103 heavy (non-hydrogen) atoms. The van der Waals surface area contributed by atoms with Crippen molar-refractivity contribution >= 4 is 10.9 Å². The van der Waals surface area contributed by atoms with Gasteiger partial charge in [-0.05, 0) is 156 Å². The van der Waals surface area contributed by atoms with Crippen molar-refractivity contribution in [3.8, 4) is 5.75 Å². The van der Waals surface area contributed by atoms with Crippen LogP contribution >= 0.6 is 0 Å². The van der Waals surface area contributed by atoms with Gasteiger partial charge in [-0.15, -0.1) is 13.2 Å². The van der Waals surface area contributed by atoms with Crippen LogP contribution in [-0.4, -0.2) is 26.3 Å². The van der Waals surface area contributed by atoms with Gasteiger partial charge in [0.1, 0.15) is 5.75 Å². The molecule has 0 fully saturated rings. The molecule has 0 bridgehead atoms. The fourth-order valence-corrected chi connectivity index (χ4v) is 8.87. The lowest BCUT2D eigenvalue weighted by Crippen LogP contribution is -2.17. The lowest BCUT2D eigenvalue weighted by Gasteiger charge is -2.20. The number of pyridine rings is 4. The number of hydrogen-bond donors (Lipinski definition) is 0. The van der Waals surface area contributed by atoms with E-state index in [0.717, 1.165) is 39.9 Å². The predicted octanol–water partition coefficient (Wildman–Crippen LogP) is 28.9. The topological polar surface area (TPSA) is 60.8 Å². The molecule has 0 N–H and O–H groups in total. The van der Waals surface area contributed by atoms with Gasteiger partial charge in [-0.3, -0.25) is 19.9 Å². The Kier molecular flexibility index (Phi) is 39.8. The monoisotopic (exact) mass is 1430 g/mol. The van der Waals surface area contributed by atoms with Crippen LogP contribution in [0.25, 0.3) is 10.9 Å². The molecule has 0 unspecified atom stereocenters. The maximum Gasteiger partial charge on any atom is 0.573 e. The van der Waals surface area contributed by atoms with Gasteiger partial charge < -0.3 is 4.74 Å². The van der Waals surface area contributed by atoms with E-state index in [9.17, 15) is 26.3 Å². The Bertz CT molecular complexity index is 3440. The Hall–Kier alpha value is -7.66. The van der Waals surface area contributed by atoms with Crippen molar-refractivity contribution in [1.29, 1.82) is 0 Å². The molecule has 5 aromatic carbocycles. The molecule has 0 atom stereocenters. The third-order valence-corrected chi connectivity index (χ3v) is 15.7. The number of fused-ring (bicyclic) bond motifs is 1. The van der Waals surface area contributed by atoms with Crippen molar-refractivity contribution in [2.75, 3.05) is 0 Å². The molecule has 0 amide bonds. The molecule has 0 aliphatic carbocycles. The number of hydrogen-bond acceptors (Lipinski definition) is 5. The number of para-hydroxylation sites is 1. The number of nitrogens with zero attached hydrogens (tertiary/aromatic N) is 4. The molecule has 0 saturated heterocycles. The first-order valence-electron chi connectivity index (χ1n) is 34.2. The minimum absolute atomic E-state index is 0. The van der Waals surface area contributed by atoms with E-state index >= 15 is 0 Å². The summed E-state index contributed by atoms with van der Waals surface area (Å²) in [4.78, 5) is 17.7. The molecule has 4 aromatic heterocycles. The molecule has 0 aliphatic rings. The second-order valence-electron chi connectivity index (χ2n) is 33.9. The number of ether oxygens (including phenoxy) is 1. The van der Waals surface area contributed by atoms with Gasteiger partial charge in [-0.25, -0.2) is 0 Å². The second-order valence-corrected chi connectivity index (χ2v) is 33.9.